The van der Waals surface area contributed by atoms with Crippen molar-refractivity contribution in [2.75, 3.05) is 0 Å². The Hall–Kier alpha value is -2.42. The van der Waals surface area contributed by atoms with Crippen molar-refractivity contribution in [1.29, 1.82) is 5.26 Å². The SMILES string of the molecule is Cc1nc(C(=O)NC(C(=O)O)C(C)(C)C)ccc1C#N. The molecule has 1 rings (SSSR count). The molecule has 2 N–H and O–H groups in total. The van der Waals surface area contributed by atoms with Crippen molar-refractivity contribution in [3.63, 3.8) is 0 Å². The fourth-order valence-corrected chi connectivity index (χ4v) is 1.66. The lowest BCUT2D eigenvalue weighted by Gasteiger charge is -2.27. The van der Waals surface area contributed by atoms with Crippen LogP contribution < -0.4 is 5.32 Å². The zero-order valence-electron chi connectivity index (χ0n) is 11.9. The Balaban J connectivity index is 2.99. The van der Waals surface area contributed by atoms with E-state index in [0.29, 0.717) is 11.3 Å². The summed E-state index contributed by atoms with van der Waals surface area (Å²) in [6.45, 7) is 6.80. The van der Waals surface area contributed by atoms with Crippen molar-refractivity contribution in [3.8, 4) is 6.07 Å². The maximum absolute atomic E-state index is 12.0. The van der Waals surface area contributed by atoms with Gasteiger partial charge in [0.1, 0.15) is 17.8 Å². The van der Waals surface area contributed by atoms with Crippen LogP contribution in [0.1, 0.15) is 42.5 Å². The number of aryl methyl sites for hydroxylation is 1. The zero-order chi connectivity index (χ0) is 15.5. The number of carboxylic acid groups (broad SMARTS) is 1. The van der Waals surface area contributed by atoms with Crippen molar-refractivity contribution < 1.29 is 14.7 Å². The third-order valence-electron chi connectivity index (χ3n) is 2.83. The van der Waals surface area contributed by atoms with E-state index in [9.17, 15) is 9.59 Å². The Bertz CT molecular complexity index is 582. The lowest BCUT2D eigenvalue weighted by atomic mass is 9.86. The molecule has 106 valence electrons. The summed E-state index contributed by atoms with van der Waals surface area (Å²) in [4.78, 5) is 27.3. The molecule has 1 amide bonds. The number of carbonyl (C=O) groups is 2. The highest BCUT2D eigenvalue weighted by Crippen LogP contribution is 2.19. The average Bonchev–Trinajstić information content (AvgIpc) is 2.33. The second-order valence-corrected chi connectivity index (χ2v) is 5.55. The van der Waals surface area contributed by atoms with Gasteiger partial charge in [-0.1, -0.05) is 20.8 Å². The van der Waals surface area contributed by atoms with E-state index < -0.39 is 23.3 Å². The summed E-state index contributed by atoms with van der Waals surface area (Å²) >= 11 is 0. The summed E-state index contributed by atoms with van der Waals surface area (Å²) in [5, 5.41) is 20.4. The zero-order valence-corrected chi connectivity index (χ0v) is 11.9. The van der Waals surface area contributed by atoms with Crippen molar-refractivity contribution >= 4 is 11.9 Å². The maximum atomic E-state index is 12.0. The number of aromatic nitrogens is 1. The maximum Gasteiger partial charge on any atom is 0.326 e. The quantitative estimate of drug-likeness (QED) is 0.869. The number of hydrogen-bond acceptors (Lipinski definition) is 4. The van der Waals surface area contributed by atoms with E-state index in [-0.39, 0.29) is 5.69 Å². The van der Waals surface area contributed by atoms with Crippen LogP contribution >= 0.6 is 0 Å². The molecular formula is C14H17N3O3. The Labute approximate surface area is 117 Å². The van der Waals surface area contributed by atoms with Gasteiger partial charge in [-0.15, -0.1) is 0 Å². The Morgan fingerprint density at radius 2 is 2.00 bits per heavy atom. The van der Waals surface area contributed by atoms with Gasteiger partial charge in [0.25, 0.3) is 5.91 Å². The largest absolute Gasteiger partial charge is 0.480 e. The van der Waals surface area contributed by atoms with Gasteiger partial charge in [-0.2, -0.15) is 5.26 Å². The number of amides is 1. The minimum atomic E-state index is -1.10. The van der Waals surface area contributed by atoms with E-state index in [1.165, 1.54) is 12.1 Å². The van der Waals surface area contributed by atoms with E-state index in [4.69, 9.17) is 10.4 Å². The Morgan fingerprint density at radius 1 is 1.40 bits per heavy atom. The van der Waals surface area contributed by atoms with Crippen LogP contribution in [0, 0.1) is 23.7 Å². The van der Waals surface area contributed by atoms with Crippen molar-refractivity contribution in [3.05, 3.63) is 29.1 Å². The monoisotopic (exact) mass is 275 g/mol. The third kappa shape index (κ3) is 3.54. The van der Waals surface area contributed by atoms with Crippen molar-refractivity contribution in [1.82, 2.24) is 10.3 Å². The van der Waals surface area contributed by atoms with Crippen molar-refractivity contribution in [2.24, 2.45) is 5.41 Å². The van der Waals surface area contributed by atoms with Crippen LogP contribution in [-0.2, 0) is 4.79 Å². The summed E-state index contributed by atoms with van der Waals surface area (Å²) in [6, 6.07) is 3.83. The first-order valence-electron chi connectivity index (χ1n) is 6.08. The third-order valence-corrected chi connectivity index (χ3v) is 2.83. The average molecular weight is 275 g/mol. The van der Waals surface area contributed by atoms with Crippen LogP contribution in [0.25, 0.3) is 0 Å². The van der Waals surface area contributed by atoms with Gasteiger partial charge in [0, 0.05) is 0 Å². The van der Waals surface area contributed by atoms with E-state index in [0.717, 1.165) is 0 Å². The molecule has 0 aromatic carbocycles. The molecule has 0 aliphatic carbocycles. The number of carboxylic acids is 1. The second-order valence-electron chi connectivity index (χ2n) is 5.55. The molecule has 0 fully saturated rings. The Kier molecular flexibility index (Phi) is 4.45. The first-order chi connectivity index (χ1) is 9.16. The number of nitriles is 1. The number of hydrogen-bond donors (Lipinski definition) is 2. The molecule has 6 nitrogen and oxygen atoms in total. The van der Waals surface area contributed by atoms with E-state index >= 15 is 0 Å². The lowest BCUT2D eigenvalue weighted by molar-refractivity contribution is -0.142. The standard InChI is InChI=1S/C14H17N3O3/c1-8-9(7-15)5-6-10(16-8)12(18)17-11(13(19)20)14(2,3)4/h5-6,11H,1-4H3,(H,17,18)(H,19,20). The molecule has 0 spiro atoms. The number of rotatable bonds is 3. The molecule has 6 heteroatoms. The molecule has 1 unspecified atom stereocenters. The fraction of sp³-hybridized carbons (Fsp3) is 0.429. The van der Waals surface area contributed by atoms with E-state index in [1.54, 1.807) is 27.7 Å². The second kappa shape index (κ2) is 5.70. The predicted molar refractivity (Wildman–Crippen MR) is 72.0 cm³/mol. The summed E-state index contributed by atoms with van der Waals surface area (Å²) in [6.07, 6.45) is 0. The highest BCUT2D eigenvalue weighted by atomic mass is 16.4. The van der Waals surface area contributed by atoms with Crippen LogP contribution in [-0.4, -0.2) is 28.0 Å². The number of nitrogens with zero attached hydrogens (tertiary/aromatic N) is 2. The van der Waals surface area contributed by atoms with Crippen LogP contribution in [0.3, 0.4) is 0 Å². The molecule has 20 heavy (non-hydrogen) atoms. The molecule has 0 saturated heterocycles. The lowest BCUT2D eigenvalue weighted by Crippen LogP contribution is -2.49. The first-order valence-corrected chi connectivity index (χ1v) is 6.08. The highest BCUT2D eigenvalue weighted by molar-refractivity contribution is 5.95. The molecule has 1 aromatic heterocycles. The van der Waals surface area contributed by atoms with Crippen LogP contribution in [0.2, 0.25) is 0 Å². The molecule has 0 bridgehead atoms. The van der Waals surface area contributed by atoms with Crippen LogP contribution in [0.15, 0.2) is 12.1 Å². The minimum Gasteiger partial charge on any atom is -0.480 e. The molecule has 1 heterocycles. The van der Waals surface area contributed by atoms with Gasteiger partial charge in [0.2, 0.25) is 0 Å². The summed E-state index contributed by atoms with van der Waals surface area (Å²) < 4.78 is 0. The Morgan fingerprint density at radius 3 is 2.40 bits per heavy atom. The molecule has 1 aromatic rings. The van der Waals surface area contributed by atoms with E-state index in [2.05, 4.69) is 10.3 Å². The van der Waals surface area contributed by atoms with Gasteiger partial charge < -0.3 is 10.4 Å². The van der Waals surface area contributed by atoms with Gasteiger partial charge in [-0.3, -0.25) is 4.79 Å². The molecule has 0 radical (unpaired) electrons. The predicted octanol–water partition coefficient (Wildman–Crippen LogP) is 1.49. The molecule has 0 aliphatic heterocycles. The van der Waals surface area contributed by atoms with Gasteiger partial charge >= 0.3 is 5.97 Å². The summed E-state index contributed by atoms with van der Waals surface area (Å²) in [7, 11) is 0. The first kappa shape index (κ1) is 15.6. The van der Waals surface area contributed by atoms with Crippen LogP contribution in [0.4, 0.5) is 0 Å². The van der Waals surface area contributed by atoms with Gasteiger partial charge in [-0.05, 0) is 24.5 Å². The van der Waals surface area contributed by atoms with E-state index in [1.807, 2.05) is 6.07 Å². The summed E-state index contributed by atoms with van der Waals surface area (Å²) in [5.74, 6) is -1.67. The number of nitrogens with one attached hydrogen (secondary N) is 1. The number of carbonyl (C=O) groups excluding carboxylic acids is 1. The normalized spacial score (nSPS) is 12.3. The van der Waals surface area contributed by atoms with Crippen LogP contribution in [0.5, 0.6) is 0 Å². The minimum absolute atomic E-state index is 0.0944. The highest BCUT2D eigenvalue weighted by Gasteiger charge is 2.33. The fourth-order valence-electron chi connectivity index (χ4n) is 1.66. The smallest absolute Gasteiger partial charge is 0.326 e. The molecule has 0 saturated carbocycles. The van der Waals surface area contributed by atoms with Gasteiger partial charge in [0.15, 0.2) is 0 Å². The topological polar surface area (TPSA) is 103 Å². The van der Waals surface area contributed by atoms with Gasteiger partial charge in [-0.25, -0.2) is 9.78 Å². The molecule has 0 aliphatic rings. The van der Waals surface area contributed by atoms with Crippen molar-refractivity contribution in [2.45, 2.75) is 33.7 Å². The molecule has 1 atom stereocenters. The van der Waals surface area contributed by atoms with Gasteiger partial charge in [0.05, 0.1) is 11.3 Å². The molecular weight excluding hydrogens is 258 g/mol. The number of pyridine rings is 1. The summed E-state index contributed by atoms with van der Waals surface area (Å²) in [5.41, 5.74) is 0.287. The number of aliphatic carboxylic acids is 1.